The van der Waals surface area contributed by atoms with Gasteiger partial charge in [-0.15, -0.1) is 5.48 Å². The third-order valence-corrected chi connectivity index (χ3v) is 9.51. The van der Waals surface area contributed by atoms with Crippen molar-refractivity contribution in [2.75, 3.05) is 25.9 Å². The number of fused-ring (bicyclic) bond motifs is 1. The molecule has 204 valence electrons. The molecule has 2 N–H and O–H groups in total. The summed E-state index contributed by atoms with van der Waals surface area (Å²) in [6, 6.07) is 13.1. The molecule has 2 aromatic rings. The Labute approximate surface area is 225 Å². The van der Waals surface area contributed by atoms with Gasteiger partial charge in [0.25, 0.3) is 5.91 Å². The van der Waals surface area contributed by atoms with E-state index < -0.39 is 15.5 Å². The highest BCUT2D eigenvalue weighted by molar-refractivity contribution is 7.90. The van der Waals surface area contributed by atoms with E-state index in [1.807, 2.05) is 43.3 Å². The third kappa shape index (κ3) is 5.95. The molecule has 0 aromatic heterocycles. The lowest BCUT2D eigenvalue weighted by Gasteiger charge is -2.40. The first-order valence-electron chi connectivity index (χ1n) is 13.6. The van der Waals surface area contributed by atoms with E-state index in [0.29, 0.717) is 10.5 Å². The molecule has 1 unspecified atom stereocenters. The standard InChI is InChI=1S/C29H38N4O4S/c1-28(30-21-37-32-28)25-8-6-7-24(19-25)27(34)31-29(13-4-3-5-14-29)15-18-33-16-11-22-9-10-26(38(2,35)36)20-23(22)12-17-33/h6-10,19-21,32H,3-5,11-18H2,1-2H3,(H,31,34). The molecule has 2 aromatic carbocycles. The van der Waals surface area contributed by atoms with Crippen molar-refractivity contribution in [2.24, 2.45) is 4.99 Å². The summed E-state index contributed by atoms with van der Waals surface area (Å²) < 4.78 is 24.0. The third-order valence-electron chi connectivity index (χ3n) is 8.40. The van der Waals surface area contributed by atoms with Gasteiger partial charge in [0.1, 0.15) is 0 Å². The molecule has 0 radical (unpaired) electrons. The van der Waals surface area contributed by atoms with E-state index in [1.165, 1.54) is 24.6 Å². The minimum Gasteiger partial charge on any atom is -0.394 e. The number of hydrogen-bond donors (Lipinski definition) is 2. The van der Waals surface area contributed by atoms with E-state index >= 15 is 0 Å². The first-order chi connectivity index (χ1) is 18.2. The predicted molar refractivity (Wildman–Crippen MR) is 148 cm³/mol. The number of carbonyl (C=O) groups is 1. The normalized spacial score (nSPS) is 23.3. The summed E-state index contributed by atoms with van der Waals surface area (Å²) in [6.45, 7) is 4.64. The average Bonchev–Trinajstić information content (AvgIpc) is 3.25. The smallest absolute Gasteiger partial charge is 0.251 e. The van der Waals surface area contributed by atoms with E-state index in [9.17, 15) is 13.2 Å². The number of hydroxylamine groups is 1. The molecule has 9 heteroatoms. The van der Waals surface area contributed by atoms with E-state index in [4.69, 9.17) is 4.84 Å². The van der Waals surface area contributed by atoms with Crippen molar-refractivity contribution in [2.45, 2.75) is 74.4 Å². The molecule has 0 spiro atoms. The van der Waals surface area contributed by atoms with Gasteiger partial charge in [-0.1, -0.05) is 37.5 Å². The van der Waals surface area contributed by atoms with Crippen molar-refractivity contribution < 1.29 is 18.0 Å². The average molecular weight is 539 g/mol. The van der Waals surface area contributed by atoms with Gasteiger partial charge in [-0.3, -0.25) is 4.79 Å². The van der Waals surface area contributed by atoms with Crippen molar-refractivity contribution in [3.8, 4) is 0 Å². The van der Waals surface area contributed by atoms with Crippen LogP contribution in [0.1, 0.15) is 72.5 Å². The second-order valence-corrected chi connectivity index (χ2v) is 13.2. The van der Waals surface area contributed by atoms with Crippen LogP contribution in [-0.4, -0.2) is 57.1 Å². The second kappa shape index (κ2) is 10.8. The number of aliphatic imine (C=N–C) groups is 1. The zero-order chi connectivity index (χ0) is 26.8. The zero-order valence-electron chi connectivity index (χ0n) is 22.3. The van der Waals surface area contributed by atoms with E-state index in [0.717, 1.165) is 75.7 Å². The summed E-state index contributed by atoms with van der Waals surface area (Å²) in [4.78, 5) is 25.8. The Bertz CT molecular complexity index is 1320. The maximum atomic E-state index is 13.5. The molecular formula is C29H38N4O4S. The van der Waals surface area contributed by atoms with Crippen LogP contribution in [0, 0.1) is 0 Å². The van der Waals surface area contributed by atoms with Gasteiger partial charge in [0.2, 0.25) is 0 Å². The quantitative estimate of drug-likeness (QED) is 0.557. The number of nitrogens with zero attached hydrogens (tertiary/aromatic N) is 2. The maximum Gasteiger partial charge on any atom is 0.251 e. The van der Waals surface area contributed by atoms with Crippen molar-refractivity contribution in [3.63, 3.8) is 0 Å². The summed E-state index contributed by atoms with van der Waals surface area (Å²) in [5.41, 5.74) is 5.85. The zero-order valence-corrected chi connectivity index (χ0v) is 23.1. The Morgan fingerprint density at radius 3 is 2.55 bits per heavy atom. The second-order valence-electron chi connectivity index (χ2n) is 11.2. The number of hydrogen-bond acceptors (Lipinski definition) is 7. The Morgan fingerprint density at radius 2 is 1.84 bits per heavy atom. The number of carbonyl (C=O) groups excluding carboxylic acids is 1. The van der Waals surface area contributed by atoms with Crippen LogP contribution in [0.2, 0.25) is 0 Å². The van der Waals surface area contributed by atoms with E-state index in [-0.39, 0.29) is 11.4 Å². The van der Waals surface area contributed by atoms with Crippen molar-refractivity contribution in [1.29, 1.82) is 0 Å². The lowest BCUT2D eigenvalue weighted by Crippen LogP contribution is -2.51. The van der Waals surface area contributed by atoms with Crippen molar-refractivity contribution in [3.05, 3.63) is 64.7 Å². The number of amides is 1. The number of sulfone groups is 1. The van der Waals surface area contributed by atoms with Crippen molar-refractivity contribution >= 4 is 22.1 Å². The number of benzene rings is 2. The number of nitrogens with one attached hydrogen (secondary N) is 2. The lowest BCUT2D eigenvalue weighted by molar-refractivity contribution is 0.0843. The first-order valence-corrected chi connectivity index (χ1v) is 15.5. The summed E-state index contributed by atoms with van der Waals surface area (Å²) in [5.74, 6) is -0.0446. The van der Waals surface area contributed by atoms with Crippen LogP contribution in [0.5, 0.6) is 0 Å². The van der Waals surface area contributed by atoms with Crippen LogP contribution in [0.4, 0.5) is 0 Å². The molecule has 2 aliphatic heterocycles. The van der Waals surface area contributed by atoms with Gasteiger partial charge in [-0.05, 0) is 80.0 Å². The van der Waals surface area contributed by atoms with Gasteiger partial charge in [0.05, 0.1) is 4.90 Å². The Balaban J connectivity index is 1.25. The molecule has 1 aliphatic carbocycles. The minimum absolute atomic E-state index is 0.0446. The molecule has 1 fully saturated rings. The fraction of sp³-hybridized carbons (Fsp3) is 0.517. The highest BCUT2D eigenvalue weighted by Gasteiger charge is 2.35. The fourth-order valence-corrected chi connectivity index (χ4v) is 6.62. The van der Waals surface area contributed by atoms with Gasteiger partial charge in [0.15, 0.2) is 21.9 Å². The van der Waals surface area contributed by atoms with Crippen LogP contribution in [0.25, 0.3) is 0 Å². The monoisotopic (exact) mass is 538 g/mol. The largest absolute Gasteiger partial charge is 0.394 e. The van der Waals surface area contributed by atoms with Gasteiger partial charge < -0.3 is 15.1 Å². The highest BCUT2D eigenvalue weighted by Crippen LogP contribution is 2.33. The van der Waals surface area contributed by atoms with Crippen LogP contribution in [-0.2, 0) is 33.2 Å². The summed E-state index contributed by atoms with van der Waals surface area (Å²) in [6.07, 6.45) is 10.7. The van der Waals surface area contributed by atoms with E-state index in [1.54, 1.807) is 6.07 Å². The maximum absolute atomic E-state index is 13.5. The molecule has 3 aliphatic rings. The minimum atomic E-state index is -3.21. The van der Waals surface area contributed by atoms with Crippen LogP contribution in [0.15, 0.2) is 52.4 Å². The lowest BCUT2D eigenvalue weighted by atomic mass is 9.79. The van der Waals surface area contributed by atoms with Gasteiger partial charge in [0, 0.05) is 37.0 Å². The molecule has 0 bridgehead atoms. The molecular weight excluding hydrogens is 500 g/mol. The van der Waals surface area contributed by atoms with Gasteiger partial charge in [-0.25, -0.2) is 13.4 Å². The summed E-state index contributed by atoms with van der Waals surface area (Å²) >= 11 is 0. The van der Waals surface area contributed by atoms with Crippen LogP contribution >= 0.6 is 0 Å². The Kier molecular flexibility index (Phi) is 7.62. The van der Waals surface area contributed by atoms with Gasteiger partial charge >= 0.3 is 0 Å². The van der Waals surface area contributed by atoms with Gasteiger partial charge in [-0.2, -0.15) is 0 Å². The van der Waals surface area contributed by atoms with Crippen LogP contribution < -0.4 is 10.8 Å². The predicted octanol–water partition coefficient (Wildman–Crippen LogP) is 3.75. The Morgan fingerprint density at radius 1 is 1.08 bits per heavy atom. The van der Waals surface area contributed by atoms with E-state index in [2.05, 4.69) is 20.7 Å². The number of rotatable bonds is 7. The summed E-state index contributed by atoms with van der Waals surface area (Å²) in [5, 5.41) is 3.45. The molecule has 1 amide bonds. The topological polar surface area (TPSA) is 100 Å². The molecule has 2 heterocycles. The highest BCUT2D eigenvalue weighted by atomic mass is 32.2. The molecule has 5 rings (SSSR count). The first kappa shape index (κ1) is 26.8. The van der Waals surface area contributed by atoms with Crippen molar-refractivity contribution in [1.82, 2.24) is 15.7 Å². The fourth-order valence-electron chi connectivity index (χ4n) is 5.95. The summed E-state index contributed by atoms with van der Waals surface area (Å²) in [7, 11) is -3.21. The Hall–Kier alpha value is -2.75. The molecule has 1 saturated carbocycles. The molecule has 1 atom stereocenters. The molecule has 0 saturated heterocycles. The molecule has 8 nitrogen and oxygen atoms in total. The molecule has 38 heavy (non-hydrogen) atoms. The van der Waals surface area contributed by atoms with Crippen LogP contribution in [0.3, 0.4) is 0 Å². The SMILES string of the molecule is CC1(c2cccc(C(=O)NC3(CCN4CCc5ccc(S(C)(=O)=O)cc5CC4)CCCCC3)c2)N=CON1.